The van der Waals surface area contributed by atoms with Crippen LogP contribution >= 0.6 is 0 Å². The molecule has 0 N–H and O–H groups in total. The van der Waals surface area contributed by atoms with E-state index in [1.54, 1.807) is 43.1 Å². The Morgan fingerprint density at radius 1 is 0.714 bits per heavy atom. The minimum absolute atomic E-state index is 0.0155. The van der Waals surface area contributed by atoms with Crippen LogP contribution in [0.2, 0.25) is 0 Å². The SMILES string of the molecule is CCCCCCCCCCCCN(C)C(=O)c1ccc(CN(Cc2ccc(C(F)(F)F)cc2)C(=O)C(=O)OCC)cc1. The van der Waals surface area contributed by atoms with Crippen molar-refractivity contribution in [2.75, 3.05) is 20.2 Å². The molecule has 2 amide bonds. The Kier molecular flexibility index (Phi) is 15.1. The number of nitrogens with zero attached hydrogens (tertiary/aromatic N) is 2. The maximum absolute atomic E-state index is 12.9. The third-order valence-corrected chi connectivity index (χ3v) is 7.16. The van der Waals surface area contributed by atoms with Crippen LogP contribution in [0.4, 0.5) is 13.2 Å². The highest BCUT2D eigenvalue weighted by Gasteiger charge is 2.30. The second-order valence-corrected chi connectivity index (χ2v) is 10.7. The van der Waals surface area contributed by atoms with Gasteiger partial charge in [0.05, 0.1) is 12.2 Å². The first-order valence-electron chi connectivity index (χ1n) is 15.0. The van der Waals surface area contributed by atoms with E-state index in [1.165, 1.54) is 68.4 Å². The Labute approximate surface area is 248 Å². The van der Waals surface area contributed by atoms with E-state index >= 15 is 0 Å². The van der Waals surface area contributed by atoms with Gasteiger partial charge in [0.25, 0.3) is 5.91 Å². The van der Waals surface area contributed by atoms with Gasteiger partial charge in [0.15, 0.2) is 0 Å². The molecule has 2 rings (SSSR count). The van der Waals surface area contributed by atoms with Gasteiger partial charge in [-0.05, 0) is 48.7 Å². The summed E-state index contributed by atoms with van der Waals surface area (Å²) < 4.78 is 43.7. The number of esters is 1. The fraction of sp³-hybridized carbons (Fsp3) is 0.545. The van der Waals surface area contributed by atoms with Crippen molar-refractivity contribution in [3.8, 4) is 0 Å². The number of alkyl halides is 3. The Morgan fingerprint density at radius 3 is 1.67 bits per heavy atom. The summed E-state index contributed by atoms with van der Waals surface area (Å²) in [5.41, 5.74) is 0.807. The van der Waals surface area contributed by atoms with E-state index in [4.69, 9.17) is 4.74 Å². The quantitative estimate of drug-likeness (QED) is 0.107. The number of carbonyl (C=O) groups excluding carboxylic acids is 3. The highest BCUT2D eigenvalue weighted by molar-refractivity contribution is 6.32. The van der Waals surface area contributed by atoms with Crippen molar-refractivity contribution in [3.63, 3.8) is 0 Å². The number of benzene rings is 2. The Morgan fingerprint density at radius 2 is 1.19 bits per heavy atom. The molecule has 0 saturated carbocycles. The lowest BCUT2D eigenvalue weighted by Gasteiger charge is -2.22. The maximum Gasteiger partial charge on any atom is 0.416 e. The second-order valence-electron chi connectivity index (χ2n) is 10.7. The topological polar surface area (TPSA) is 66.9 Å². The molecule has 0 aliphatic carbocycles. The monoisotopic (exact) mass is 590 g/mol. The highest BCUT2D eigenvalue weighted by atomic mass is 19.4. The van der Waals surface area contributed by atoms with Gasteiger partial charge >= 0.3 is 18.1 Å². The molecule has 0 aliphatic heterocycles. The van der Waals surface area contributed by atoms with Crippen LogP contribution in [0.25, 0.3) is 0 Å². The number of hydrogen-bond donors (Lipinski definition) is 0. The van der Waals surface area contributed by atoms with Crippen LogP contribution in [-0.4, -0.2) is 47.8 Å². The summed E-state index contributed by atoms with van der Waals surface area (Å²) in [4.78, 5) is 40.8. The van der Waals surface area contributed by atoms with Crippen LogP contribution in [0.3, 0.4) is 0 Å². The van der Waals surface area contributed by atoms with E-state index in [-0.39, 0.29) is 25.6 Å². The summed E-state index contributed by atoms with van der Waals surface area (Å²) in [6.45, 7) is 4.42. The molecule has 0 radical (unpaired) electrons. The van der Waals surface area contributed by atoms with Crippen LogP contribution < -0.4 is 0 Å². The van der Waals surface area contributed by atoms with Crippen molar-refractivity contribution in [1.82, 2.24) is 9.80 Å². The second kappa shape index (κ2) is 18.2. The molecule has 0 unspecified atom stereocenters. The number of carbonyl (C=O) groups is 3. The summed E-state index contributed by atoms with van der Waals surface area (Å²) >= 11 is 0. The van der Waals surface area contributed by atoms with E-state index in [2.05, 4.69) is 6.92 Å². The van der Waals surface area contributed by atoms with Crippen molar-refractivity contribution in [1.29, 1.82) is 0 Å². The highest BCUT2D eigenvalue weighted by Crippen LogP contribution is 2.29. The van der Waals surface area contributed by atoms with Crippen molar-refractivity contribution in [3.05, 3.63) is 70.8 Å². The zero-order chi connectivity index (χ0) is 31.0. The zero-order valence-corrected chi connectivity index (χ0v) is 25.2. The van der Waals surface area contributed by atoms with Crippen molar-refractivity contribution >= 4 is 17.8 Å². The molecule has 42 heavy (non-hydrogen) atoms. The van der Waals surface area contributed by atoms with Crippen LogP contribution in [-0.2, 0) is 33.6 Å². The molecule has 0 atom stereocenters. The van der Waals surface area contributed by atoms with E-state index in [9.17, 15) is 27.6 Å². The van der Waals surface area contributed by atoms with Crippen LogP contribution in [0.15, 0.2) is 48.5 Å². The summed E-state index contributed by atoms with van der Waals surface area (Å²) in [5, 5.41) is 0. The average Bonchev–Trinajstić information content (AvgIpc) is 2.97. The van der Waals surface area contributed by atoms with Gasteiger partial charge in [-0.3, -0.25) is 9.59 Å². The molecule has 0 bridgehead atoms. The van der Waals surface area contributed by atoms with Crippen molar-refractivity contribution < 1.29 is 32.3 Å². The Hall–Kier alpha value is -3.36. The van der Waals surface area contributed by atoms with Gasteiger partial charge in [0.2, 0.25) is 0 Å². The first-order chi connectivity index (χ1) is 20.1. The third-order valence-electron chi connectivity index (χ3n) is 7.16. The lowest BCUT2D eigenvalue weighted by molar-refractivity contribution is -0.160. The molecule has 0 fully saturated rings. The molecule has 0 heterocycles. The van der Waals surface area contributed by atoms with Crippen molar-refractivity contribution in [2.45, 2.75) is 97.3 Å². The molecule has 0 saturated heterocycles. The summed E-state index contributed by atoms with van der Waals surface area (Å²) in [6, 6.07) is 11.2. The van der Waals surface area contributed by atoms with E-state index < -0.39 is 23.6 Å². The molecule has 9 heteroatoms. The van der Waals surface area contributed by atoms with E-state index in [0.717, 1.165) is 25.0 Å². The van der Waals surface area contributed by atoms with Gasteiger partial charge in [0.1, 0.15) is 0 Å². The predicted molar refractivity (Wildman–Crippen MR) is 158 cm³/mol. The minimum atomic E-state index is -4.47. The van der Waals surface area contributed by atoms with Crippen LogP contribution in [0.5, 0.6) is 0 Å². The van der Waals surface area contributed by atoms with Gasteiger partial charge in [-0.15, -0.1) is 0 Å². The fourth-order valence-corrected chi connectivity index (χ4v) is 4.67. The number of unbranched alkanes of at least 4 members (excludes halogenated alkanes) is 9. The van der Waals surface area contributed by atoms with E-state index in [0.29, 0.717) is 23.2 Å². The molecule has 0 spiro atoms. The molecule has 0 aromatic heterocycles. The number of halogens is 3. The zero-order valence-electron chi connectivity index (χ0n) is 25.2. The third kappa shape index (κ3) is 12.2. The van der Waals surface area contributed by atoms with Gasteiger partial charge in [-0.2, -0.15) is 13.2 Å². The van der Waals surface area contributed by atoms with Crippen molar-refractivity contribution in [2.24, 2.45) is 0 Å². The lowest BCUT2D eigenvalue weighted by atomic mass is 10.1. The smallest absolute Gasteiger partial charge is 0.416 e. The van der Waals surface area contributed by atoms with Gasteiger partial charge in [-0.1, -0.05) is 89.0 Å². The summed E-state index contributed by atoms with van der Waals surface area (Å²) in [7, 11) is 1.79. The Bertz CT molecular complexity index is 1100. The fourth-order valence-electron chi connectivity index (χ4n) is 4.67. The average molecular weight is 591 g/mol. The molecule has 6 nitrogen and oxygen atoms in total. The van der Waals surface area contributed by atoms with Gasteiger partial charge in [0, 0.05) is 32.2 Å². The van der Waals surface area contributed by atoms with Crippen LogP contribution in [0, 0.1) is 0 Å². The van der Waals surface area contributed by atoms with Crippen LogP contribution in [0.1, 0.15) is 105 Å². The summed E-state index contributed by atoms with van der Waals surface area (Å²) in [5.74, 6) is -2.03. The molecule has 2 aromatic carbocycles. The molecule has 232 valence electrons. The number of ether oxygens (including phenoxy) is 1. The largest absolute Gasteiger partial charge is 0.459 e. The number of rotatable bonds is 17. The van der Waals surface area contributed by atoms with E-state index in [1.807, 2.05) is 0 Å². The summed E-state index contributed by atoms with van der Waals surface area (Å²) in [6.07, 6.45) is 7.80. The lowest BCUT2D eigenvalue weighted by Crippen LogP contribution is -2.36. The maximum atomic E-state index is 12.9. The number of amides is 2. The Balaban J connectivity index is 1.92. The first kappa shape index (κ1) is 34.8. The molecular formula is C33H45F3N2O4. The van der Waals surface area contributed by atoms with Gasteiger partial charge in [-0.25, -0.2) is 4.79 Å². The first-order valence-corrected chi connectivity index (χ1v) is 15.0. The van der Waals surface area contributed by atoms with Gasteiger partial charge < -0.3 is 14.5 Å². The standard InChI is InChI=1S/C33H45F3N2O4/c1-4-6-7-8-9-10-11-12-13-14-23-37(3)30(39)28-19-15-26(16-20-28)24-38(31(40)32(41)42-5-2)25-27-17-21-29(22-18-27)33(34,35)36/h15-22H,4-14,23-25H2,1-3H3. The minimum Gasteiger partial charge on any atom is -0.459 e. The predicted octanol–water partition coefficient (Wildman–Crippen LogP) is 7.79. The molecule has 2 aromatic rings. The molecule has 0 aliphatic rings. The normalized spacial score (nSPS) is 11.3. The molecular weight excluding hydrogens is 545 g/mol. The number of hydrogen-bond acceptors (Lipinski definition) is 4.